The first kappa shape index (κ1) is 53.9. The van der Waals surface area contributed by atoms with E-state index in [0.717, 1.165) is 48.5 Å². The predicted molar refractivity (Wildman–Crippen MR) is 210 cm³/mol. The number of aliphatic hydroxyl groups excluding tert-OH is 3. The van der Waals surface area contributed by atoms with Crippen LogP contribution in [-0.2, 0) is 95.1 Å². The van der Waals surface area contributed by atoms with Gasteiger partial charge >= 0.3 is 35.8 Å². The first-order chi connectivity index (χ1) is 30.2. The van der Waals surface area contributed by atoms with Crippen molar-refractivity contribution < 1.29 is 110 Å². The molecule has 25 nitrogen and oxygen atoms in total. The molecular formula is C37H51Cl3N2O23. The molecule has 4 fully saturated rings. The first-order valence-electron chi connectivity index (χ1n) is 19.7. The molecule has 9 unspecified atom stereocenters. The Bertz CT molecular complexity index is 1770. The topological polar surface area (TPSA) is 336 Å². The van der Waals surface area contributed by atoms with Gasteiger partial charge in [-0.15, -0.1) is 0 Å². The third kappa shape index (κ3) is 14.4. The second kappa shape index (κ2) is 22.8. The Hall–Kier alpha value is -3.73. The summed E-state index contributed by atoms with van der Waals surface area (Å²) in [6.07, 6.45) is -24.2. The van der Waals surface area contributed by atoms with Gasteiger partial charge in [-0.25, -0.2) is 0 Å². The van der Waals surface area contributed by atoms with Crippen molar-refractivity contribution in [2.75, 3.05) is 26.4 Å². The lowest BCUT2D eigenvalue weighted by atomic mass is 9.87. The highest BCUT2D eigenvalue weighted by Crippen LogP contribution is 2.44. The van der Waals surface area contributed by atoms with Gasteiger partial charge in [-0.2, -0.15) is 0 Å². The summed E-state index contributed by atoms with van der Waals surface area (Å²) >= 11 is 17.1. The third-order valence-corrected chi connectivity index (χ3v) is 10.4. The van der Waals surface area contributed by atoms with Crippen molar-refractivity contribution in [3.63, 3.8) is 0 Å². The van der Waals surface area contributed by atoms with Crippen LogP contribution >= 0.6 is 34.8 Å². The van der Waals surface area contributed by atoms with E-state index in [9.17, 15) is 48.9 Å². The fraction of sp³-hybridized carbons (Fsp3) is 0.784. The molecule has 1 amide bonds. The Kier molecular flexibility index (Phi) is 18.9. The molecule has 1 spiro atoms. The van der Waals surface area contributed by atoms with E-state index in [1.807, 2.05) is 0 Å². The quantitative estimate of drug-likeness (QED) is 0.0411. The van der Waals surface area contributed by atoms with Gasteiger partial charge in [0.15, 0.2) is 30.4 Å². The molecule has 0 saturated carbocycles. The Morgan fingerprint density at radius 1 is 0.754 bits per heavy atom. The number of carbonyl (C=O) groups is 7. The number of esters is 6. The minimum Gasteiger partial charge on any atom is -0.463 e. The Balaban J connectivity index is 1.82. The number of rotatable bonds is 15. The standard InChI is InChI=1S/C37H51Cl3N2O23/c1-13(44)42-24-20(56-16(4)47)8-36(64-30(24)28(58-18(6)49)22(57-17(5)48)10-53-14(2)45)12-55-32-31(65-36)29(59-19(7)50)23(11-54-15(3)46)61-34(32)62-27-21(9-43)60-33(26(52)25(27)51)63-35(41)37(38,39)40/h20-34,41,43,51-52H,8-12H2,1-7H3,(H,42,44)/t20?,21-,22+,23?,24?,25-,26-,27-,28+,29?,30?,31?,32?,33-,34?,36?/m1/s1. The van der Waals surface area contributed by atoms with Crippen LogP contribution in [0.5, 0.6) is 0 Å². The van der Waals surface area contributed by atoms with Gasteiger partial charge in [0.2, 0.25) is 18.1 Å². The van der Waals surface area contributed by atoms with E-state index in [2.05, 4.69) is 5.32 Å². The molecule has 0 radical (unpaired) electrons. The second-order valence-electron chi connectivity index (χ2n) is 15.1. The van der Waals surface area contributed by atoms with Gasteiger partial charge in [0, 0.05) is 54.9 Å². The van der Waals surface area contributed by atoms with E-state index in [-0.39, 0.29) is 0 Å². The molecule has 4 aliphatic rings. The number of ether oxygens (including phenoxy) is 13. The fourth-order valence-electron chi connectivity index (χ4n) is 7.47. The maximum atomic E-state index is 12.7. The van der Waals surface area contributed by atoms with Gasteiger partial charge in [0.1, 0.15) is 74.8 Å². The molecule has 5 N–H and O–H groups in total. The summed E-state index contributed by atoms with van der Waals surface area (Å²) in [5.41, 5.74) is 0. The maximum Gasteiger partial charge on any atom is 0.303 e. The fourth-order valence-corrected chi connectivity index (χ4v) is 7.61. The van der Waals surface area contributed by atoms with Gasteiger partial charge in [-0.3, -0.25) is 39.0 Å². The molecule has 0 bridgehead atoms. The lowest BCUT2D eigenvalue weighted by Crippen LogP contribution is -2.74. The monoisotopic (exact) mass is 996 g/mol. The molecule has 65 heavy (non-hydrogen) atoms. The highest BCUT2D eigenvalue weighted by Gasteiger charge is 2.63. The normalized spacial score (nSPS) is 34.3. The lowest BCUT2D eigenvalue weighted by Gasteiger charge is -2.56. The molecule has 28 heteroatoms. The minimum absolute atomic E-state index is 0.488. The van der Waals surface area contributed by atoms with Crippen LogP contribution < -0.4 is 5.32 Å². The molecular weight excluding hydrogens is 947 g/mol. The van der Waals surface area contributed by atoms with E-state index < -0.39 is 182 Å². The second-order valence-corrected chi connectivity index (χ2v) is 17.4. The van der Waals surface area contributed by atoms with E-state index >= 15 is 0 Å². The van der Waals surface area contributed by atoms with Crippen LogP contribution in [0.3, 0.4) is 0 Å². The molecule has 4 rings (SSSR count). The number of aliphatic hydroxyl groups is 3. The predicted octanol–water partition coefficient (Wildman–Crippen LogP) is -1.47. The van der Waals surface area contributed by atoms with Crippen LogP contribution in [0, 0.1) is 5.41 Å². The van der Waals surface area contributed by atoms with Gasteiger partial charge in [0.05, 0.1) is 12.6 Å². The van der Waals surface area contributed by atoms with Gasteiger partial charge in [-0.05, 0) is 0 Å². The molecule has 4 saturated heterocycles. The van der Waals surface area contributed by atoms with Crippen LogP contribution in [0.4, 0.5) is 0 Å². The molecule has 0 aromatic rings. The average Bonchev–Trinajstić information content (AvgIpc) is 3.18. The molecule has 0 aromatic carbocycles. The number of hydrogen-bond acceptors (Lipinski definition) is 24. The van der Waals surface area contributed by atoms with Crippen molar-refractivity contribution in [3.8, 4) is 0 Å². The Morgan fingerprint density at radius 2 is 1.37 bits per heavy atom. The van der Waals surface area contributed by atoms with Gasteiger partial charge < -0.3 is 82.2 Å². The lowest BCUT2D eigenvalue weighted by molar-refractivity contribution is -0.433. The van der Waals surface area contributed by atoms with Gasteiger partial charge in [-0.1, -0.05) is 34.8 Å². The highest BCUT2D eigenvalue weighted by molar-refractivity contribution is 6.76. The number of hydrogen-bond donors (Lipinski definition) is 5. The number of amides is 1. The number of nitrogens with one attached hydrogen (secondary N) is 2. The number of alkyl halides is 3. The van der Waals surface area contributed by atoms with Crippen molar-refractivity contribution in [2.24, 2.45) is 0 Å². The van der Waals surface area contributed by atoms with Crippen LogP contribution in [0.15, 0.2) is 0 Å². The molecule has 4 aliphatic heterocycles. The molecule has 0 aliphatic carbocycles. The summed E-state index contributed by atoms with van der Waals surface area (Å²) in [7, 11) is 0. The van der Waals surface area contributed by atoms with Crippen molar-refractivity contribution in [1.82, 2.24) is 5.32 Å². The zero-order chi connectivity index (χ0) is 48.7. The van der Waals surface area contributed by atoms with Crippen molar-refractivity contribution in [3.05, 3.63) is 0 Å². The molecule has 0 aromatic heterocycles. The number of halogens is 3. The average molecular weight is 998 g/mol. The van der Waals surface area contributed by atoms with E-state index in [1.54, 1.807) is 0 Å². The van der Waals surface area contributed by atoms with Crippen molar-refractivity contribution in [2.45, 2.75) is 156 Å². The van der Waals surface area contributed by atoms with Crippen LogP contribution in [0.25, 0.3) is 0 Å². The number of fused-ring (bicyclic) bond motifs is 1. The summed E-state index contributed by atoms with van der Waals surface area (Å²) in [6.45, 7) is 4.39. The zero-order valence-electron chi connectivity index (χ0n) is 35.8. The van der Waals surface area contributed by atoms with Crippen molar-refractivity contribution in [1.29, 1.82) is 5.41 Å². The summed E-state index contributed by atoms with van der Waals surface area (Å²) < 4.78 is 72.8. The Morgan fingerprint density at radius 3 is 1.91 bits per heavy atom. The zero-order valence-corrected chi connectivity index (χ0v) is 38.1. The summed E-state index contributed by atoms with van der Waals surface area (Å²) in [5.74, 6) is -9.18. The first-order valence-corrected chi connectivity index (χ1v) is 20.8. The van der Waals surface area contributed by atoms with Gasteiger partial charge in [0.25, 0.3) is 3.79 Å². The van der Waals surface area contributed by atoms with Crippen molar-refractivity contribution >= 4 is 82.4 Å². The van der Waals surface area contributed by atoms with Crippen LogP contribution in [0.1, 0.15) is 54.9 Å². The Labute approximate surface area is 385 Å². The molecule has 368 valence electrons. The smallest absolute Gasteiger partial charge is 0.303 e. The third-order valence-electron chi connectivity index (χ3n) is 9.86. The summed E-state index contributed by atoms with van der Waals surface area (Å²) in [5, 5.41) is 43.1. The highest BCUT2D eigenvalue weighted by atomic mass is 35.6. The minimum atomic E-state index is -2.41. The van der Waals surface area contributed by atoms with Crippen LogP contribution in [0.2, 0.25) is 0 Å². The van der Waals surface area contributed by atoms with E-state index in [0.29, 0.717) is 0 Å². The number of carbonyl (C=O) groups excluding carboxylic acids is 7. The largest absolute Gasteiger partial charge is 0.463 e. The summed E-state index contributed by atoms with van der Waals surface area (Å²) in [4.78, 5) is 87.1. The summed E-state index contributed by atoms with van der Waals surface area (Å²) in [6, 6.07) is -1.42. The van der Waals surface area contributed by atoms with E-state index in [1.165, 1.54) is 0 Å². The molecule has 16 atom stereocenters. The maximum absolute atomic E-state index is 12.7. The van der Waals surface area contributed by atoms with Crippen LogP contribution in [-0.4, -0.2) is 191 Å². The molecule has 4 heterocycles. The van der Waals surface area contributed by atoms with E-state index in [4.69, 9.17) is 102 Å². The SMILES string of the molecule is CC(=O)NC1C(OC(C)=O)CC2(COC3C(O[C@H]4[C@H](O)[C@@H](O)[C@@H](OC(=N)C(Cl)(Cl)Cl)O[C@@H]4CO)OC(COC(C)=O)C(OC(C)=O)C3O2)OC1[C@@H](OC(C)=O)[C@H](COC(C)=O)OC(C)=O.